The van der Waals surface area contributed by atoms with E-state index in [-0.39, 0.29) is 6.61 Å². The Labute approximate surface area is 88.6 Å². The third kappa shape index (κ3) is 4.97. The Morgan fingerprint density at radius 3 is 3.07 bits per heavy atom. The van der Waals surface area contributed by atoms with E-state index in [2.05, 4.69) is 15.0 Å². The Kier molecular flexibility index (Phi) is 4.56. The quantitative estimate of drug-likeness (QED) is 0.695. The third-order valence-electron chi connectivity index (χ3n) is 1.78. The SMILES string of the molecule is Cc1cccc(CNCCOC(N)=O)n1. The first-order chi connectivity index (χ1) is 7.18. The van der Waals surface area contributed by atoms with Gasteiger partial charge in [0, 0.05) is 18.8 Å². The lowest BCUT2D eigenvalue weighted by Crippen LogP contribution is -2.23. The molecule has 1 rings (SSSR count). The van der Waals surface area contributed by atoms with Gasteiger partial charge in [0.1, 0.15) is 6.61 Å². The highest BCUT2D eigenvalue weighted by Gasteiger charge is 1.95. The summed E-state index contributed by atoms with van der Waals surface area (Å²) in [6, 6.07) is 5.84. The lowest BCUT2D eigenvalue weighted by Gasteiger charge is -2.04. The number of hydrogen-bond donors (Lipinski definition) is 2. The van der Waals surface area contributed by atoms with Gasteiger partial charge in [-0.3, -0.25) is 4.98 Å². The number of hydrogen-bond acceptors (Lipinski definition) is 4. The maximum atomic E-state index is 10.2. The van der Waals surface area contributed by atoms with Crippen LogP contribution in [0.3, 0.4) is 0 Å². The van der Waals surface area contributed by atoms with Crippen LogP contribution in [-0.2, 0) is 11.3 Å². The molecule has 0 saturated carbocycles. The van der Waals surface area contributed by atoms with Crippen molar-refractivity contribution in [3.05, 3.63) is 29.6 Å². The lowest BCUT2D eigenvalue weighted by atomic mass is 10.3. The van der Waals surface area contributed by atoms with E-state index in [1.54, 1.807) is 0 Å². The van der Waals surface area contributed by atoms with E-state index in [9.17, 15) is 4.79 Å². The fourth-order valence-electron chi connectivity index (χ4n) is 1.14. The molecule has 1 heterocycles. The van der Waals surface area contributed by atoms with Gasteiger partial charge in [0.05, 0.1) is 5.69 Å². The molecule has 1 amide bonds. The summed E-state index contributed by atoms with van der Waals surface area (Å²) in [5.41, 5.74) is 6.76. The molecular weight excluding hydrogens is 194 g/mol. The van der Waals surface area contributed by atoms with Crippen LogP contribution in [0.15, 0.2) is 18.2 Å². The highest BCUT2D eigenvalue weighted by Crippen LogP contribution is 1.96. The van der Waals surface area contributed by atoms with Crippen molar-refractivity contribution >= 4 is 6.09 Å². The maximum Gasteiger partial charge on any atom is 0.404 e. The molecular formula is C10H15N3O2. The number of primary amides is 1. The van der Waals surface area contributed by atoms with Crippen LogP contribution >= 0.6 is 0 Å². The second-order valence-corrected chi connectivity index (χ2v) is 3.11. The van der Waals surface area contributed by atoms with Gasteiger partial charge in [0.2, 0.25) is 0 Å². The first-order valence-electron chi connectivity index (χ1n) is 4.74. The molecule has 1 aromatic heterocycles. The van der Waals surface area contributed by atoms with Gasteiger partial charge in [-0.2, -0.15) is 0 Å². The van der Waals surface area contributed by atoms with E-state index in [0.29, 0.717) is 13.1 Å². The minimum atomic E-state index is -0.745. The van der Waals surface area contributed by atoms with E-state index in [4.69, 9.17) is 5.73 Å². The van der Waals surface area contributed by atoms with Gasteiger partial charge < -0.3 is 15.8 Å². The Hall–Kier alpha value is -1.62. The summed E-state index contributed by atoms with van der Waals surface area (Å²) in [6.45, 7) is 3.45. The molecule has 0 saturated heterocycles. The topological polar surface area (TPSA) is 77.2 Å². The molecule has 1 aromatic rings. The van der Waals surface area contributed by atoms with Gasteiger partial charge in [0.25, 0.3) is 0 Å². The number of nitrogens with zero attached hydrogens (tertiary/aromatic N) is 1. The highest BCUT2D eigenvalue weighted by molar-refractivity contribution is 5.64. The maximum absolute atomic E-state index is 10.2. The van der Waals surface area contributed by atoms with Gasteiger partial charge in [-0.1, -0.05) is 6.07 Å². The second kappa shape index (κ2) is 5.98. The van der Waals surface area contributed by atoms with E-state index >= 15 is 0 Å². The molecule has 0 radical (unpaired) electrons. The highest BCUT2D eigenvalue weighted by atomic mass is 16.5. The summed E-state index contributed by atoms with van der Waals surface area (Å²) < 4.78 is 4.56. The number of amides is 1. The monoisotopic (exact) mass is 209 g/mol. The number of ether oxygens (including phenoxy) is 1. The summed E-state index contributed by atoms with van der Waals surface area (Å²) in [4.78, 5) is 14.5. The van der Waals surface area contributed by atoms with E-state index in [0.717, 1.165) is 11.4 Å². The average molecular weight is 209 g/mol. The minimum Gasteiger partial charge on any atom is -0.448 e. The lowest BCUT2D eigenvalue weighted by molar-refractivity contribution is 0.157. The molecule has 15 heavy (non-hydrogen) atoms. The number of pyridine rings is 1. The molecule has 0 fully saturated rings. The largest absolute Gasteiger partial charge is 0.448 e. The van der Waals surface area contributed by atoms with Gasteiger partial charge >= 0.3 is 6.09 Å². The summed E-state index contributed by atoms with van der Waals surface area (Å²) in [6.07, 6.45) is -0.745. The van der Waals surface area contributed by atoms with Crippen molar-refractivity contribution < 1.29 is 9.53 Å². The first kappa shape index (κ1) is 11.5. The van der Waals surface area contributed by atoms with Crippen molar-refractivity contribution in [2.75, 3.05) is 13.2 Å². The molecule has 0 bridgehead atoms. The van der Waals surface area contributed by atoms with Crippen LogP contribution in [-0.4, -0.2) is 24.2 Å². The second-order valence-electron chi connectivity index (χ2n) is 3.11. The van der Waals surface area contributed by atoms with Crippen LogP contribution < -0.4 is 11.1 Å². The number of nitrogens with two attached hydrogens (primary N) is 1. The molecule has 0 unspecified atom stereocenters. The van der Waals surface area contributed by atoms with Crippen molar-refractivity contribution in [3.63, 3.8) is 0 Å². The van der Waals surface area contributed by atoms with Crippen LogP contribution in [0.5, 0.6) is 0 Å². The number of carbonyl (C=O) groups is 1. The van der Waals surface area contributed by atoms with Crippen LogP contribution in [0.1, 0.15) is 11.4 Å². The van der Waals surface area contributed by atoms with Crippen molar-refractivity contribution in [2.24, 2.45) is 5.73 Å². The number of aryl methyl sites for hydroxylation is 1. The minimum absolute atomic E-state index is 0.279. The zero-order valence-corrected chi connectivity index (χ0v) is 8.69. The Morgan fingerprint density at radius 2 is 2.40 bits per heavy atom. The van der Waals surface area contributed by atoms with Crippen molar-refractivity contribution in [2.45, 2.75) is 13.5 Å². The van der Waals surface area contributed by atoms with E-state index in [1.165, 1.54) is 0 Å². The van der Waals surface area contributed by atoms with Crippen molar-refractivity contribution in [3.8, 4) is 0 Å². The van der Waals surface area contributed by atoms with Gasteiger partial charge in [-0.25, -0.2) is 4.79 Å². The van der Waals surface area contributed by atoms with Crippen LogP contribution in [0, 0.1) is 6.92 Å². The predicted octanol–water partition coefficient (Wildman–Crippen LogP) is 0.575. The smallest absolute Gasteiger partial charge is 0.404 e. The zero-order valence-electron chi connectivity index (χ0n) is 8.69. The molecule has 0 aliphatic heterocycles. The fourth-order valence-corrected chi connectivity index (χ4v) is 1.14. The van der Waals surface area contributed by atoms with Crippen LogP contribution in [0.4, 0.5) is 4.79 Å². The van der Waals surface area contributed by atoms with Crippen LogP contribution in [0.25, 0.3) is 0 Å². The molecule has 82 valence electrons. The molecule has 0 aliphatic carbocycles. The zero-order chi connectivity index (χ0) is 11.1. The number of carbonyl (C=O) groups excluding carboxylic acids is 1. The summed E-state index contributed by atoms with van der Waals surface area (Å²) in [5, 5.41) is 3.09. The fraction of sp³-hybridized carbons (Fsp3) is 0.400. The first-order valence-corrected chi connectivity index (χ1v) is 4.74. The van der Waals surface area contributed by atoms with Crippen molar-refractivity contribution in [1.82, 2.24) is 10.3 Å². The molecule has 5 heteroatoms. The average Bonchev–Trinajstić information content (AvgIpc) is 2.17. The Balaban J connectivity index is 2.17. The molecule has 0 atom stereocenters. The molecule has 0 spiro atoms. The van der Waals surface area contributed by atoms with Gasteiger partial charge in [-0.15, -0.1) is 0 Å². The van der Waals surface area contributed by atoms with E-state index < -0.39 is 6.09 Å². The summed E-state index contributed by atoms with van der Waals surface area (Å²) in [5.74, 6) is 0. The molecule has 0 aliphatic rings. The number of rotatable bonds is 5. The van der Waals surface area contributed by atoms with Gasteiger partial charge in [-0.05, 0) is 19.1 Å². The summed E-state index contributed by atoms with van der Waals surface area (Å²) >= 11 is 0. The predicted molar refractivity (Wildman–Crippen MR) is 56.2 cm³/mol. The molecule has 3 N–H and O–H groups in total. The third-order valence-corrected chi connectivity index (χ3v) is 1.78. The molecule has 5 nitrogen and oxygen atoms in total. The number of aromatic nitrogens is 1. The van der Waals surface area contributed by atoms with E-state index in [1.807, 2.05) is 25.1 Å². The van der Waals surface area contributed by atoms with Gasteiger partial charge in [0.15, 0.2) is 0 Å². The number of nitrogens with one attached hydrogen (secondary N) is 1. The standard InChI is InChI=1S/C10H15N3O2/c1-8-3-2-4-9(13-8)7-12-5-6-15-10(11)14/h2-4,12H,5-7H2,1H3,(H2,11,14). The molecule has 0 aromatic carbocycles. The van der Waals surface area contributed by atoms with Crippen molar-refractivity contribution in [1.29, 1.82) is 0 Å². The Bertz CT molecular complexity index is 328. The normalized spacial score (nSPS) is 9.93. The summed E-state index contributed by atoms with van der Waals surface area (Å²) in [7, 11) is 0. The Morgan fingerprint density at radius 1 is 1.60 bits per heavy atom. The van der Waals surface area contributed by atoms with Crippen LogP contribution in [0.2, 0.25) is 0 Å².